The lowest BCUT2D eigenvalue weighted by Crippen LogP contribution is -2.30. The quantitative estimate of drug-likeness (QED) is 0.269. The average molecular weight is 515 g/mol. The number of carbonyl (C=O) groups is 1. The van der Waals surface area contributed by atoms with Gasteiger partial charge in [-0.1, -0.05) is 60.2 Å². The van der Waals surface area contributed by atoms with Crippen LogP contribution in [0.4, 0.5) is 5.69 Å². The van der Waals surface area contributed by atoms with Gasteiger partial charge in [-0.15, -0.1) is 11.3 Å². The normalized spacial score (nSPS) is 11.6. The summed E-state index contributed by atoms with van der Waals surface area (Å²) in [5.74, 6) is -0.148. The van der Waals surface area contributed by atoms with E-state index in [1.54, 1.807) is 30.3 Å². The molecule has 0 aliphatic rings. The molecule has 0 spiro atoms. The lowest BCUT2D eigenvalue weighted by atomic mass is 10.0. The number of hydrogen-bond acceptors (Lipinski definition) is 4. The van der Waals surface area contributed by atoms with Gasteiger partial charge in [0.15, 0.2) is 0 Å². The summed E-state index contributed by atoms with van der Waals surface area (Å²) in [5, 5.41) is 6.13. The van der Waals surface area contributed by atoms with Crippen molar-refractivity contribution in [3.05, 3.63) is 107 Å². The van der Waals surface area contributed by atoms with E-state index in [2.05, 4.69) is 23.5 Å². The summed E-state index contributed by atoms with van der Waals surface area (Å²) in [6, 6.07) is 28.4. The van der Waals surface area contributed by atoms with E-state index in [-0.39, 0.29) is 10.8 Å². The molecule has 0 bridgehead atoms. The van der Waals surface area contributed by atoms with E-state index in [4.69, 9.17) is 0 Å². The van der Waals surface area contributed by atoms with Crippen LogP contribution in [-0.2, 0) is 16.6 Å². The number of rotatable bonds is 7. The third-order valence-electron chi connectivity index (χ3n) is 6.23. The second-order valence-electron chi connectivity index (χ2n) is 8.64. The fourth-order valence-electron chi connectivity index (χ4n) is 4.34. The molecule has 1 aromatic heterocycles. The number of amides is 1. The highest BCUT2D eigenvalue weighted by Crippen LogP contribution is 2.32. The second kappa shape index (κ2) is 9.76. The molecular weight excluding hydrogens is 488 g/mol. The first-order chi connectivity index (χ1) is 17.4. The van der Waals surface area contributed by atoms with Crippen LogP contribution < -0.4 is 9.62 Å². The maximum absolute atomic E-state index is 13.3. The zero-order chi connectivity index (χ0) is 25.3. The number of thiophene rings is 1. The Morgan fingerprint density at radius 2 is 1.64 bits per heavy atom. The van der Waals surface area contributed by atoms with Crippen molar-refractivity contribution in [3.8, 4) is 0 Å². The van der Waals surface area contributed by atoms with Crippen LogP contribution in [0.25, 0.3) is 20.9 Å². The predicted molar refractivity (Wildman–Crippen MR) is 148 cm³/mol. The van der Waals surface area contributed by atoms with Gasteiger partial charge in [0, 0.05) is 17.8 Å². The number of hydrogen-bond donors (Lipinski definition) is 1. The first-order valence-electron chi connectivity index (χ1n) is 11.7. The molecule has 0 saturated carbocycles. The molecule has 1 N–H and O–H groups in total. The Balaban J connectivity index is 1.38. The summed E-state index contributed by atoms with van der Waals surface area (Å²) in [5.41, 5.74) is 2.64. The highest BCUT2D eigenvalue weighted by Gasteiger charge is 2.24. The molecule has 4 aromatic carbocycles. The third kappa shape index (κ3) is 4.59. The van der Waals surface area contributed by atoms with Crippen molar-refractivity contribution >= 4 is 53.8 Å². The number of sulfonamides is 1. The van der Waals surface area contributed by atoms with Crippen molar-refractivity contribution in [3.63, 3.8) is 0 Å². The number of aryl methyl sites for hydroxylation is 1. The Morgan fingerprint density at radius 3 is 2.42 bits per heavy atom. The number of anilines is 1. The fourth-order valence-corrected chi connectivity index (χ4v) is 6.76. The van der Waals surface area contributed by atoms with E-state index in [1.807, 2.05) is 56.3 Å². The minimum atomic E-state index is -3.70. The average Bonchev–Trinajstić information content (AvgIpc) is 3.31. The Morgan fingerprint density at radius 1 is 0.889 bits per heavy atom. The van der Waals surface area contributed by atoms with E-state index in [0.717, 1.165) is 32.0 Å². The number of nitrogens with zero attached hydrogens (tertiary/aromatic N) is 1. The van der Waals surface area contributed by atoms with Crippen LogP contribution in [-0.4, -0.2) is 20.9 Å². The van der Waals surface area contributed by atoms with Crippen LogP contribution in [0.1, 0.15) is 27.7 Å². The molecule has 0 unspecified atom stereocenters. The monoisotopic (exact) mass is 514 g/mol. The van der Waals surface area contributed by atoms with Crippen LogP contribution in [0.3, 0.4) is 0 Å². The van der Waals surface area contributed by atoms with Gasteiger partial charge in [0.05, 0.1) is 15.5 Å². The van der Waals surface area contributed by atoms with Crippen LogP contribution >= 0.6 is 11.3 Å². The second-order valence-corrected chi connectivity index (χ2v) is 11.6. The third-order valence-corrected chi connectivity index (χ3v) is 9.26. The van der Waals surface area contributed by atoms with Gasteiger partial charge in [-0.05, 0) is 72.0 Å². The van der Waals surface area contributed by atoms with E-state index in [9.17, 15) is 13.2 Å². The van der Waals surface area contributed by atoms with Crippen molar-refractivity contribution in [2.45, 2.75) is 25.3 Å². The largest absolute Gasteiger partial charge is 0.347 e. The molecule has 1 amide bonds. The molecule has 1 heterocycles. The molecule has 7 heteroatoms. The van der Waals surface area contributed by atoms with Gasteiger partial charge >= 0.3 is 0 Å². The minimum absolute atomic E-state index is 0.148. The molecule has 36 heavy (non-hydrogen) atoms. The molecule has 0 radical (unpaired) electrons. The highest BCUT2D eigenvalue weighted by molar-refractivity contribution is 7.92. The molecular formula is C29H26N2O3S2. The smallest absolute Gasteiger partial charge is 0.264 e. The molecule has 0 aliphatic carbocycles. The molecule has 5 nitrogen and oxygen atoms in total. The zero-order valence-corrected chi connectivity index (χ0v) is 21.7. The zero-order valence-electron chi connectivity index (χ0n) is 20.1. The van der Waals surface area contributed by atoms with Crippen LogP contribution in [0, 0.1) is 6.92 Å². The van der Waals surface area contributed by atoms with E-state index < -0.39 is 10.0 Å². The van der Waals surface area contributed by atoms with Crippen molar-refractivity contribution in [1.82, 2.24) is 5.32 Å². The van der Waals surface area contributed by atoms with Crippen molar-refractivity contribution < 1.29 is 13.2 Å². The van der Waals surface area contributed by atoms with Crippen molar-refractivity contribution in [1.29, 1.82) is 0 Å². The van der Waals surface area contributed by atoms with E-state index in [1.165, 1.54) is 15.6 Å². The molecule has 5 aromatic rings. The van der Waals surface area contributed by atoms with Gasteiger partial charge in [0.25, 0.3) is 15.9 Å². The van der Waals surface area contributed by atoms with Gasteiger partial charge in [-0.25, -0.2) is 8.42 Å². The van der Waals surface area contributed by atoms with E-state index >= 15 is 0 Å². The molecule has 0 aliphatic heterocycles. The Hall–Kier alpha value is -3.68. The molecule has 0 atom stereocenters. The van der Waals surface area contributed by atoms with Crippen LogP contribution in [0.5, 0.6) is 0 Å². The van der Waals surface area contributed by atoms with Crippen LogP contribution in [0.2, 0.25) is 0 Å². The summed E-state index contributed by atoms with van der Waals surface area (Å²) in [6.07, 6.45) is 0. The molecule has 0 saturated heterocycles. The Kier molecular flexibility index (Phi) is 6.51. The topological polar surface area (TPSA) is 66.5 Å². The number of carbonyl (C=O) groups excluding carboxylic acids is 1. The minimum Gasteiger partial charge on any atom is -0.347 e. The Labute approximate surface area is 215 Å². The summed E-state index contributed by atoms with van der Waals surface area (Å²) in [6.45, 7) is 4.46. The van der Waals surface area contributed by atoms with E-state index in [0.29, 0.717) is 23.7 Å². The summed E-state index contributed by atoms with van der Waals surface area (Å²) in [7, 11) is -3.70. The summed E-state index contributed by atoms with van der Waals surface area (Å²) >= 11 is 1.40. The summed E-state index contributed by atoms with van der Waals surface area (Å²) < 4.78 is 28.9. The standard InChI is InChI=1S/C29H26N2O3S2/c1-3-31(36(33,34)25-14-11-20(2)12-15-25)24-13-16-27-23(17-24)18-28(35-27)29(32)30-19-22-9-6-8-21-7-4-5-10-26(21)22/h4-18H,3,19H2,1-2H3,(H,30,32). The molecule has 0 fully saturated rings. The van der Waals surface area contributed by atoms with Crippen molar-refractivity contribution in [2.24, 2.45) is 0 Å². The van der Waals surface area contributed by atoms with Gasteiger partial charge in [-0.2, -0.15) is 0 Å². The predicted octanol–water partition coefficient (Wildman–Crippen LogP) is 6.51. The maximum atomic E-state index is 13.3. The SMILES string of the molecule is CCN(c1ccc2sc(C(=O)NCc3cccc4ccccc34)cc2c1)S(=O)(=O)c1ccc(C)cc1. The van der Waals surface area contributed by atoms with Gasteiger partial charge in [0.2, 0.25) is 0 Å². The number of fused-ring (bicyclic) bond motifs is 2. The molecule has 5 rings (SSSR count). The van der Waals surface area contributed by atoms with Gasteiger partial charge < -0.3 is 5.32 Å². The van der Waals surface area contributed by atoms with Crippen molar-refractivity contribution in [2.75, 3.05) is 10.8 Å². The number of benzene rings is 4. The highest BCUT2D eigenvalue weighted by atomic mass is 32.2. The fraction of sp³-hybridized carbons (Fsp3) is 0.138. The maximum Gasteiger partial charge on any atom is 0.264 e. The number of nitrogens with one attached hydrogen (secondary N) is 1. The Bertz CT molecular complexity index is 1670. The van der Waals surface area contributed by atoms with Gasteiger partial charge in [-0.3, -0.25) is 9.10 Å². The molecule has 182 valence electrons. The lowest BCUT2D eigenvalue weighted by Gasteiger charge is -2.23. The van der Waals surface area contributed by atoms with Crippen LogP contribution in [0.15, 0.2) is 95.9 Å². The van der Waals surface area contributed by atoms with Gasteiger partial charge in [0.1, 0.15) is 0 Å². The summed E-state index contributed by atoms with van der Waals surface area (Å²) in [4.78, 5) is 13.8. The first kappa shape index (κ1) is 24.0. The first-order valence-corrected chi connectivity index (χ1v) is 14.0. The lowest BCUT2D eigenvalue weighted by molar-refractivity contribution is 0.0955.